The van der Waals surface area contributed by atoms with Gasteiger partial charge in [0.1, 0.15) is 11.9 Å². The van der Waals surface area contributed by atoms with E-state index in [0.29, 0.717) is 12.0 Å². The molecule has 116 valence electrons. The number of rotatable bonds is 6. The topological polar surface area (TPSA) is 95.8 Å². The lowest BCUT2D eigenvalue weighted by Gasteiger charge is -2.14. The minimum Gasteiger partial charge on any atom is -0.480 e. The van der Waals surface area contributed by atoms with Gasteiger partial charge in [-0.25, -0.2) is 13.2 Å². The lowest BCUT2D eigenvalue weighted by Crippen LogP contribution is -2.33. The van der Waals surface area contributed by atoms with Gasteiger partial charge in [-0.1, -0.05) is 44.2 Å². The Morgan fingerprint density at radius 3 is 2.29 bits per heavy atom. The molecule has 0 aliphatic rings. The van der Waals surface area contributed by atoms with Crippen LogP contribution in [0.1, 0.15) is 25.8 Å². The van der Waals surface area contributed by atoms with E-state index >= 15 is 0 Å². The second-order valence-electron chi connectivity index (χ2n) is 5.20. The predicted octanol–water partition coefficient (Wildman–Crippen LogP) is 1.48. The zero-order valence-electron chi connectivity index (χ0n) is 12.3. The van der Waals surface area contributed by atoms with Crippen molar-refractivity contribution < 1.29 is 18.3 Å². The van der Waals surface area contributed by atoms with Crippen LogP contribution < -0.4 is 4.72 Å². The second kappa shape index (κ2) is 7.21. The number of amidine groups is 1. The van der Waals surface area contributed by atoms with Gasteiger partial charge in [-0.15, -0.1) is 0 Å². The molecule has 0 aliphatic carbocycles. The number of aliphatic carboxylic acids is 1. The normalized spacial score (nSPS) is 14.0. The van der Waals surface area contributed by atoms with E-state index in [2.05, 4.69) is 9.71 Å². The summed E-state index contributed by atoms with van der Waals surface area (Å²) in [6, 6.07) is 7.59. The Hall–Kier alpha value is -1.89. The van der Waals surface area contributed by atoms with Crippen molar-refractivity contribution in [3.63, 3.8) is 0 Å². The van der Waals surface area contributed by atoms with Crippen LogP contribution in [0.3, 0.4) is 0 Å². The fraction of sp³-hybridized carbons (Fsp3) is 0.429. The average molecular weight is 312 g/mol. The maximum absolute atomic E-state index is 11.4. The molecule has 1 unspecified atom stereocenters. The number of nitrogens with zero attached hydrogens (tertiary/aromatic N) is 1. The zero-order valence-corrected chi connectivity index (χ0v) is 13.1. The molecule has 1 aromatic carbocycles. The molecule has 7 heteroatoms. The van der Waals surface area contributed by atoms with Gasteiger partial charge in [-0.2, -0.15) is 0 Å². The van der Waals surface area contributed by atoms with Gasteiger partial charge in [-0.3, -0.25) is 9.71 Å². The first-order valence-electron chi connectivity index (χ1n) is 6.53. The third kappa shape index (κ3) is 6.40. The van der Waals surface area contributed by atoms with Crippen LogP contribution >= 0.6 is 0 Å². The molecule has 0 spiro atoms. The summed E-state index contributed by atoms with van der Waals surface area (Å²) < 4.78 is 25.2. The molecule has 0 aliphatic heterocycles. The number of carboxylic acid groups (broad SMARTS) is 1. The van der Waals surface area contributed by atoms with Gasteiger partial charge in [0.05, 0.1) is 6.26 Å². The molecule has 0 fully saturated rings. The Labute approximate surface area is 125 Å². The summed E-state index contributed by atoms with van der Waals surface area (Å²) in [5, 5.41) is 9.23. The maximum atomic E-state index is 11.4. The lowest BCUT2D eigenvalue weighted by atomic mass is 10.0. The van der Waals surface area contributed by atoms with Crippen molar-refractivity contribution in [3.05, 3.63) is 35.9 Å². The summed E-state index contributed by atoms with van der Waals surface area (Å²) in [7, 11) is -3.54. The van der Waals surface area contributed by atoms with E-state index < -0.39 is 22.0 Å². The Kier molecular flexibility index (Phi) is 5.90. The monoisotopic (exact) mass is 312 g/mol. The van der Waals surface area contributed by atoms with Crippen LogP contribution in [0, 0.1) is 5.92 Å². The fourth-order valence-electron chi connectivity index (χ4n) is 1.74. The lowest BCUT2D eigenvalue weighted by molar-refractivity contribution is -0.138. The highest BCUT2D eigenvalue weighted by Crippen LogP contribution is 2.11. The van der Waals surface area contributed by atoms with Gasteiger partial charge in [0.15, 0.2) is 0 Å². The van der Waals surface area contributed by atoms with Gasteiger partial charge >= 0.3 is 5.97 Å². The molecule has 0 radical (unpaired) electrons. The average Bonchev–Trinajstić information content (AvgIpc) is 2.36. The quantitative estimate of drug-likeness (QED) is 0.614. The van der Waals surface area contributed by atoms with E-state index in [4.69, 9.17) is 0 Å². The largest absolute Gasteiger partial charge is 0.480 e. The highest BCUT2D eigenvalue weighted by Gasteiger charge is 2.20. The maximum Gasteiger partial charge on any atom is 0.328 e. The molecule has 1 rings (SSSR count). The van der Waals surface area contributed by atoms with E-state index in [0.717, 1.165) is 6.26 Å². The molecule has 0 saturated carbocycles. The number of nitrogens with one attached hydrogen (secondary N) is 1. The highest BCUT2D eigenvalue weighted by molar-refractivity contribution is 7.89. The number of sulfonamides is 1. The van der Waals surface area contributed by atoms with Gasteiger partial charge in [0.25, 0.3) is 0 Å². The van der Waals surface area contributed by atoms with Crippen molar-refractivity contribution in [2.75, 3.05) is 6.26 Å². The van der Waals surface area contributed by atoms with Crippen LogP contribution in [-0.4, -0.2) is 37.6 Å². The smallest absolute Gasteiger partial charge is 0.328 e. The van der Waals surface area contributed by atoms with Crippen molar-refractivity contribution in [2.24, 2.45) is 10.9 Å². The van der Waals surface area contributed by atoms with Crippen molar-refractivity contribution in [1.29, 1.82) is 0 Å². The SMILES string of the molecule is CC(C)CC(N=C(NS(C)(=O)=O)c1ccccc1)C(=O)O. The summed E-state index contributed by atoms with van der Waals surface area (Å²) in [6.45, 7) is 3.77. The molecule has 0 saturated heterocycles. The van der Waals surface area contributed by atoms with Crippen LogP contribution in [0.15, 0.2) is 35.3 Å². The van der Waals surface area contributed by atoms with E-state index in [1.165, 1.54) is 0 Å². The minimum absolute atomic E-state index is 0.0474. The van der Waals surface area contributed by atoms with Crippen molar-refractivity contribution >= 4 is 21.8 Å². The molecule has 0 amide bonds. The third-order valence-corrected chi connectivity index (χ3v) is 3.16. The molecule has 2 N–H and O–H groups in total. The summed E-state index contributed by atoms with van der Waals surface area (Å²) >= 11 is 0. The van der Waals surface area contributed by atoms with E-state index in [1.807, 2.05) is 13.8 Å². The van der Waals surface area contributed by atoms with E-state index in [-0.39, 0.29) is 11.8 Å². The molecule has 21 heavy (non-hydrogen) atoms. The molecule has 1 aromatic rings. The van der Waals surface area contributed by atoms with Crippen molar-refractivity contribution in [3.8, 4) is 0 Å². The van der Waals surface area contributed by atoms with Crippen LogP contribution in [0.2, 0.25) is 0 Å². The third-order valence-electron chi connectivity index (χ3n) is 2.59. The Balaban J connectivity index is 3.21. The van der Waals surface area contributed by atoms with E-state index in [1.54, 1.807) is 30.3 Å². The number of carboxylic acids is 1. The molecule has 0 heterocycles. The number of hydrogen-bond acceptors (Lipinski definition) is 4. The van der Waals surface area contributed by atoms with E-state index in [9.17, 15) is 18.3 Å². The Morgan fingerprint density at radius 2 is 1.86 bits per heavy atom. The molecule has 0 aromatic heterocycles. The summed E-state index contributed by atoms with van der Waals surface area (Å²) in [4.78, 5) is 15.4. The summed E-state index contributed by atoms with van der Waals surface area (Å²) in [6.07, 6.45) is 1.33. The number of aliphatic imine (C=N–C) groups is 1. The molecule has 6 nitrogen and oxygen atoms in total. The van der Waals surface area contributed by atoms with Crippen LogP contribution in [-0.2, 0) is 14.8 Å². The number of benzene rings is 1. The van der Waals surface area contributed by atoms with Gasteiger partial charge in [-0.05, 0) is 12.3 Å². The van der Waals surface area contributed by atoms with Crippen LogP contribution in [0.25, 0.3) is 0 Å². The van der Waals surface area contributed by atoms with Crippen LogP contribution in [0.5, 0.6) is 0 Å². The molecular formula is C14H20N2O4S. The second-order valence-corrected chi connectivity index (χ2v) is 6.95. The Morgan fingerprint density at radius 1 is 1.29 bits per heavy atom. The first-order chi connectivity index (χ1) is 9.69. The molecule has 1 atom stereocenters. The summed E-state index contributed by atoms with van der Waals surface area (Å²) in [5.41, 5.74) is 0.526. The number of hydrogen-bond donors (Lipinski definition) is 2. The minimum atomic E-state index is -3.54. The van der Waals surface area contributed by atoms with Gasteiger partial charge in [0, 0.05) is 5.56 Å². The number of carbonyl (C=O) groups is 1. The van der Waals surface area contributed by atoms with Crippen LogP contribution in [0.4, 0.5) is 0 Å². The zero-order chi connectivity index (χ0) is 16.0. The molecular weight excluding hydrogens is 292 g/mol. The Bertz CT molecular complexity index is 609. The van der Waals surface area contributed by atoms with Gasteiger partial charge < -0.3 is 5.11 Å². The fourth-order valence-corrected chi connectivity index (χ4v) is 2.26. The standard InChI is InChI=1S/C14H20N2O4S/c1-10(2)9-12(14(17)18)15-13(16-21(3,19)20)11-7-5-4-6-8-11/h4-8,10,12H,9H2,1-3H3,(H,15,16)(H,17,18). The summed E-state index contributed by atoms with van der Waals surface area (Å²) in [5.74, 6) is -0.899. The molecule has 0 bridgehead atoms. The highest BCUT2D eigenvalue weighted by atomic mass is 32.2. The van der Waals surface area contributed by atoms with Crippen molar-refractivity contribution in [1.82, 2.24) is 4.72 Å². The van der Waals surface area contributed by atoms with Crippen molar-refractivity contribution in [2.45, 2.75) is 26.3 Å². The predicted molar refractivity (Wildman–Crippen MR) is 81.8 cm³/mol. The first kappa shape index (κ1) is 17.2. The van der Waals surface area contributed by atoms with Gasteiger partial charge in [0.2, 0.25) is 10.0 Å². The first-order valence-corrected chi connectivity index (χ1v) is 8.42.